The summed E-state index contributed by atoms with van der Waals surface area (Å²) in [5, 5.41) is 1.43. The first-order valence-electron chi connectivity index (χ1n) is 6.52. The van der Waals surface area contributed by atoms with E-state index in [9.17, 15) is 4.79 Å². The average Bonchev–Trinajstić information content (AvgIpc) is 3.03. The highest BCUT2D eigenvalue weighted by molar-refractivity contribution is 6.35. The lowest BCUT2D eigenvalue weighted by Crippen LogP contribution is -1.99. The maximum absolute atomic E-state index is 11.3. The number of rotatable bonds is 4. The molecule has 0 aliphatic rings. The quantitative estimate of drug-likeness (QED) is 0.684. The maximum atomic E-state index is 11.3. The summed E-state index contributed by atoms with van der Waals surface area (Å²) in [5.74, 6) is 0.723. The van der Waals surface area contributed by atoms with Crippen molar-refractivity contribution in [2.24, 2.45) is 0 Å². The molecule has 112 valence electrons. The molecule has 0 N–H and O–H groups in total. The maximum Gasteiger partial charge on any atom is 0.373 e. The number of methoxy groups -OCH3 is 1. The number of hydrogen-bond acceptors (Lipinski definition) is 5. The zero-order valence-electron chi connectivity index (χ0n) is 11.7. The largest absolute Gasteiger partial charge is 0.483 e. The molecule has 1 aromatic carbocycles. The molecular formula is C16H12ClNO4. The Bertz CT molecular complexity index is 828. The third-order valence-corrected chi connectivity index (χ3v) is 3.43. The van der Waals surface area contributed by atoms with Crippen LogP contribution in [0.2, 0.25) is 5.02 Å². The van der Waals surface area contributed by atoms with Gasteiger partial charge in [-0.15, -0.1) is 0 Å². The molecule has 0 aliphatic heterocycles. The van der Waals surface area contributed by atoms with Crippen LogP contribution in [0.25, 0.3) is 10.9 Å². The smallest absolute Gasteiger partial charge is 0.373 e. The van der Waals surface area contributed by atoms with Gasteiger partial charge in [-0.05, 0) is 36.4 Å². The van der Waals surface area contributed by atoms with Gasteiger partial charge in [0.1, 0.15) is 23.6 Å². The molecule has 0 radical (unpaired) electrons. The SMILES string of the molecule is COC(=O)c1ccc(COc2ccc(Cl)c3cccnc23)o1. The number of pyridine rings is 1. The van der Waals surface area contributed by atoms with Crippen LogP contribution in [0.3, 0.4) is 0 Å². The summed E-state index contributed by atoms with van der Waals surface area (Å²) in [7, 11) is 1.30. The van der Waals surface area contributed by atoms with E-state index in [1.165, 1.54) is 7.11 Å². The zero-order chi connectivity index (χ0) is 15.5. The Balaban J connectivity index is 1.81. The van der Waals surface area contributed by atoms with E-state index in [4.69, 9.17) is 20.8 Å². The summed E-state index contributed by atoms with van der Waals surface area (Å²) in [5.41, 5.74) is 0.676. The number of hydrogen-bond donors (Lipinski definition) is 0. The van der Waals surface area contributed by atoms with E-state index in [0.717, 1.165) is 5.39 Å². The van der Waals surface area contributed by atoms with Gasteiger partial charge in [0.2, 0.25) is 5.76 Å². The zero-order valence-corrected chi connectivity index (χ0v) is 12.5. The average molecular weight is 318 g/mol. The lowest BCUT2D eigenvalue weighted by atomic mass is 10.2. The highest BCUT2D eigenvalue weighted by Gasteiger charge is 2.12. The van der Waals surface area contributed by atoms with E-state index in [-0.39, 0.29) is 12.4 Å². The van der Waals surface area contributed by atoms with Crippen LogP contribution in [0.5, 0.6) is 5.75 Å². The van der Waals surface area contributed by atoms with Crippen molar-refractivity contribution in [1.82, 2.24) is 4.98 Å². The molecule has 0 unspecified atom stereocenters. The molecule has 0 atom stereocenters. The minimum Gasteiger partial charge on any atom is -0.483 e. The molecule has 0 bridgehead atoms. The summed E-state index contributed by atoms with van der Waals surface area (Å²) in [6.07, 6.45) is 1.67. The number of furan rings is 1. The van der Waals surface area contributed by atoms with Gasteiger partial charge in [-0.2, -0.15) is 0 Å². The second-order valence-electron chi connectivity index (χ2n) is 4.49. The lowest BCUT2D eigenvalue weighted by Gasteiger charge is -2.08. The molecule has 5 nitrogen and oxygen atoms in total. The highest BCUT2D eigenvalue weighted by Crippen LogP contribution is 2.30. The number of fused-ring (bicyclic) bond motifs is 1. The Morgan fingerprint density at radius 1 is 1.27 bits per heavy atom. The molecular weight excluding hydrogens is 306 g/mol. The number of halogens is 1. The number of aromatic nitrogens is 1. The van der Waals surface area contributed by atoms with Gasteiger partial charge >= 0.3 is 5.97 Å². The fraction of sp³-hybridized carbons (Fsp3) is 0.125. The number of esters is 1. The van der Waals surface area contributed by atoms with Crippen molar-refractivity contribution in [3.63, 3.8) is 0 Å². The van der Waals surface area contributed by atoms with Crippen molar-refractivity contribution in [1.29, 1.82) is 0 Å². The Morgan fingerprint density at radius 3 is 2.95 bits per heavy atom. The second-order valence-corrected chi connectivity index (χ2v) is 4.90. The van der Waals surface area contributed by atoms with Crippen LogP contribution in [0.15, 0.2) is 47.0 Å². The predicted molar refractivity (Wildman–Crippen MR) is 81.1 cm³/mol. The Labute approximate surface area is 131 Å². The topological polar surface area (TPSA) is 61.6 Å². The highest BCUT2D eigenvalue weighted by atomic mass is 35.5. The number of carbonyl (C=O) groups is 1. The van der Waals surface area contributed by atoms with Crippen molar-refractivity contribution in [3.05, 3.63) is 59.1 Å². The molecule has 6 heteroatoms. The standard InChI is InChI=1S/C16H12ClNO4/c1-20-16(19)14-6-4-10(22-14)9-21-13-7-5-12(17)11-3-2-8-18-15(11)13/h2-8H,9H2,1H3. The minimum absolute atomic E-state index is 0.139. The van der Waals surface area contributed by atoms with Gasteiger partial charge < -0.3 is 13.9 Å². The fourth-order valence-electron chi connectivity index (χ4n) is 2.04. The summed E-state index contributed by atoms with van der Waals surface area (Å²) in [6, 6.07) is 10.4. The normalized spacial score (nSPS) is 10.6. The number of carbonyl (C=O) groups excluding carboxylic acids is 1. The van der Waals surface area contributed by atoms with E-state index in [0.29, 0.717) is 22.0 Å². The van der Waals surface area contributed by atoms with E-state index < -0.39 is 5.97 Å². The summed E-state index contributed by atoms with van der Waals surface area (Å²) in [6.45, 7) is 0.171. The van der Waals surface area contributed by atoms with E-state index in [1.807, 2.05) is 12.1 Å². The third-order valence-electron chi connectivity index (χ3n) is 3.10. The first-order valence-corrected chi connectivity index (χ1v) is 6.90. The van der Waals surface area contributed by atoms with Crippen LogP contribution in [-0.4, -0.2) is 18.1 Å². The van der Waals surface area contributed by atoms with Gasteiger partial charge in [0.05, 0.1) is 12.1 Å². The molecule has 2 aromatic heterocycles. The second kappa shape index (κ2) is 6.07. The summed E-state index contributed by atoms with van der Waals surface area (Å²) < 4.78 is 15.7. The van der Waals surface area contributed by atoms with Crippen LogP contribution in [0.4, 0.5) is 0 Å². The first kappa shape index (κ1) is 14.4. The fourth-order valence-corrected chi connectivity index (χ4v) is 2.26. The molecule has 3 aromatic rings. The van der Waals surface area contributed by atoms with Crippen LogP contribution >= 0.6 is 11.6 Å². The van der Waals surface area contributed by atoms with Crippen molar-refractivity contribution in [2.45, 2.75) is 6.61 Å². The first-order chi connectivity index (χ1) is 10.7. The molecule has 0 spiro atoms. The number of nitrogens with zero attached hydrogens (tertiary/aromatic N) is 1. The molecule has 22 heavy (non-hydrogen) atoms. The molecule has 0 amide bonds. The van der Waals surface area contributed by atoms with Crippen molar-refractivity contribution in [2.75, 3.05) is 7.11 Å². The Hall–Kier alpha value is -2.53. The number of benzene rings is 1. The van der Waals surface area contributed by atoms with Crippen molar-refractivity contribution >= 4 is 28.5 Å². The van der Waals surface area contributed by atoms with Gasteiger partial charge in [-0.3, -0.25) is 4.98 Å². The molecule has 0 saturated carbocycles. The third kappa shape index (κ3) is 2.76. The van der Waals surface area contributed by atoms with Crippen LogP contribution in [0.1, 0.15) is 16.3 Å². The lowest BCUT2D eigenvalue weighted by molar-refractivity contribution is 0.0561. The van der Waals surface area contributed by atoms with E-state index >= 15 is 0 Å². The predicted octanol–water partition coefficient (Wildman–Crippen LogP) is 3.85. The van der Waals surface area contributed by atoms with Crippen LogP contribution in [0, 0.1) is 0 Å². The van der Waals surface area contributed by atoms with Gasteiger partial charge in [-0.25, -0.2) is 4.79 Å². The van der Waals surface area contributed by atoms with E-state index in [2.05, 4.69) is 9.72 Å². The summed E-state index contributed by atoms with van der Waals surface area (Å²) in [4.78, 5) is 15.6. The minimum atomic E-state index is -0.523. The molecule has 0 aliphatic carbocycles. The van der Waals surface area contributed by atoms with Crippen LogP contribution < -0.4 is 4.74 Å². The monoisotopic (exact) mass is 317 g/mol. The Morgan fingerprint density at radius 2 is 2.14 bits per heavy atom. The molecule has 0 fully saturated rings. The van der Waals surface area contributed by atoms with Crippen LogP contribution in [-0.2, 0) is 11.3 Å². The van der Waals surface area contributed by atoms with Crippen molar-refractivity contribution in [3.8, 4) is 5.75 Å². The van der Waals surface area contributed by atoms with E-state index in [1.54, 1.807) is 30.5 Å². The van der Waals surface area contributed by atoms with Gasteiger partial charge in [0.15, 0.2) is 0 Å². The van der Waals surface area contributed by atoms with Crippen molar-refractivity contribution < 1.29 is 18.7 Å². The molecule has 2 heterocycles. The molecule has 3 rings (SSSR count). The number of ether oxygens (including phenoxy) is 2. The Kier molecular flexibility index (Phi) is 3.98. The summed E-state index contributed by atoms with van der Waals surface area (Å²) >= 11 is 6.13. The van der Waals surface area contributed by atoms with Gasteiger partial charge in [0, 0.05) is 11.6 Å². The molecule has 0 saturated heterocycles. The van der Waals surface area contributed by atoms with Gasteiger partial charge in [-0.1, -0.05) is 11.6 Å². The van der Waals surface area contributed by atoms with Gasteiger partial charge in [0.25, 0.3) is 0 Å².